The van der Waals surface area contributed by atoms with Crippen molar-refractivity contribution in [1.29, 1.82) is 0 Å². The van der Waals surface area contributed by atoms with Gasteiger partial charge in [-0.1, -0.05) is 37.3 Å². The first kappa shape index (κ1) is 22.3. The van der Waals surface area contributed by atoms with Crippen LogP contribution in [0.2, 0.25) is 0 Å². The third-order valence-corrected chi connectivity index (χ3v) is 5.66. The Hall–Kier alpha value is -2.94. The minimum absolute atomic E-state index is 0.104. The standard InChI is InChI=1S/C24H29FN6O/c1-3-30-10-12-31(13-11-30)16-19-6-9-22(26-14-19)28-24-21(25)15-27-23(29-24)20-7-4-18(5-8-20)17-32-2/h4-9,14-15H,3,10-13,16-17H2,1-2H3,(H,26,27,28,29). The summed E-state index contributed by atoms with van der Waals surface area (Å²) in [6, 6.07) is 11.6. The number of nitrogens with one attached hydrogen (secondary N) is 1. The van der Waals surface area contributed by atoms with E-state index < -0.39 is 5.82 Å². The van der Waals surface area contributed by atoms with E-state index in [1.165, 1.54) is 6.20 Å². The molecule has 0 saturated carbocycles. The van der Waals surface area contributed by atoms with Crippen molar-refractivity contribution in [2.45, 2.75) is 20.1 Å². The number of ether oxygens (including phenoxy) is 1. The first-order valence-corrected chi connectivity index (χ1v) is 10.9. The predicted octanol–water partition coefficient (Wildman–Crippen LogP) is 3.71. The summed E-state index contributed by atoms with van der Waals surface area (Å²) in [5.74, 6) is 0.570. The zero-order chi connectivity index (χ0) is 22.3. The fourth-order valence-electron chi connectivity index (χ4n) is 3.75. The Bertz CT molecular complexity index is 1000. The van der Waals surface area contributed by atoms with Crippen LogP contribution >= 0.6 is 0 Å². The third kappa shape index (κ3) is 5.64. The summed E-state index contributed by atoms with van der Waals surface area (Å²) in [5, 5.41) is 2.98. The number of pyridine rings is 1. The second-order valence-electron chi connectivity index (χ2n) is 7.91. The average Bonchev–Trinajstić information content (AvgIpc) is 2.83. The molecule has 32 heavy (non-hydrogen) atoms. The fraction of sp³-hybridized carbons (Fsp3) is 0.375. The highest BCUT2D eigenvalue weighted by Crippen LogP contribution is 2.22. The highest BCUT2D eigenvalue weighted by atomic mass is 19.1. The normalized spacial score (nSPS) is 15.1. The van der Waals surface area contributed by atoms with Crippen molar-refractivity contribution in [3.8, 4) is 11.4 Å². The van der Waals surface area contributed by atoms with E-state index in [9.17, 15) is 4.39 Å². The van der Waals surface area contributed by atoms with Gasteiger partial charge in [-0.25, -0.2) is 19.3 Å². The van der Waals surface area contributed by atoms with Crippen LogP contribution in [0.25, 0.3) is 11.4 Å². The van der Waals surface area contributed by atoms with Crippen LogP contribution in [0.3, 0.4) is 0 Å². The molecular weight excluding hydrogens is 407 g/mol. The number of methoxy groups -OCH3 is 1. The van der Waals surface area contributed by atoms with Crippen molar-refractivity contribution >= 4 is 11.6 Å². The Morgan fingerprint density at radius 1 is 0.938 bits per heavy atom. The van der Waals surface area contributed by atoms with Gasteiger partial charge in [-0.3, -0.25) is 4.90 Å². The van der Waals surface area contributed by atoms with E-state index in [-0.39, 0.29) is 5.82 Å². The molecule has 1 N–H and O–H groups in total. The van der Waals surface area contributed by atoms with Crippen molar-refractivity contribution in [2.75, 3.05) is 45.2 Å². The number of halogens is 1. The molecule has 0 spiro atoms. The minimum Gasteiger partial charge on any atom is -0.380 e. The smallest absolute Gasteiger partial charge is 0.184 e. The summed E-state index contributed by atoms with van der Waals surface area (Å²) in [6.07, 6.45) is 3.01. The van der Waals surface area contributed by atoms with Crippen molar-refractivity contribution < 1.29 is 9.13 Å². The largest absolute Gasteiger partial charge is 0.380 e. The molecular formula is C24H29FN6O. The molecule has 0 aliphatic carbocycles. The van der Waals surface area contributed by atoms with Crippen molar-refractivity contribution in [3.05, 3.63) is 65.7 Å². The molecule has 4 rings (SSSR count). The highest BCUT2D eigenvalue weighted by Gasteiger charge is 2.16. The molecule has 1 aromatic carbocycles. The Labute approximate surface area is 188 Å². The van der Waals surface area contributed by atoms with Gasteiger partial charge in [0.05, 0.1) is 12.8 Å². The van der Waals surface area contributed by atoms with Gasteiger partial charge < -0.3 is 15.0 Å². The van der Waals surface area contributed by atoms with Gasteiger partial charge in [-0.05, 0) is 23.7 Å². The van der Waals surface area contributed by atoms with Crippen LogP contribution in [0, 0.1) is 5.82 Å². The second-order valence-corrected chi connectivity index (χ2v) is 7.91. The number of hydrogen-bond donors (Lipinski definition) is 1. The van der Waals surface area contributed by atoms with E-state index in [0.717, 1.165) is 56.0 Å². The second kappa shape index (κ2) is 10.6. The summed E-state index contributed by atoms with van der Waals surface area (Å²) in [4.78, 5) is 17.8. The van der Waals surface area contributed by atoms with Gasteiger partial charge in [0.1, 0.15) is 5.82 Å². The van der Waals surface area contributed by atoms with E-state index in [1.807, 2.05) is 42.6 Å². The molecule has 3 heterocycles. The minimum atomic E-state index is -0.524. The molecule has 2 aromatic heterocycles. The summed E-state index contributed by atoms with van der Waals surface area (Å²) >= 11 is 0. The summed E-state index contributed by atoms with van der Waals surface area (Å²) < 4.78 is 19.5. The molecule has 3 aromatic rings. The van der Waals surface area contributed by atoms with Gasteiger partial charge in [-0.2, -0.15) is 0 Å². The van der Waals surface area contributed by atoms with E-state index in [0.29, 0.717) is 18.2 Å². The summed E-state index contributed by atoms with van der Waals surface area (Å²) in [6.45, 7) is 9.06. The van der Waals surface area contributed by atoms with Crippen molar-refractivity contribution in [3.63, 3.8) is 0 Å². The number of hydrogen-bond acceptors (Lipinski definition) is 7. The Balaban J connectivity index is 1.41. The van der Waals surface area contributed by atoms with Gasteiger partial charge in [0.25, 0.3) is 0 Å². The van der Waals surface area contributed by atoms with E-state index in [1.54, 1.807) is 7.11 Å². The van der Waals surface area contributed by atoms with E-state index in [4.69, 9.17) is 4.74 Å². The van der Waals surface area contributed by atoms with Gasteiger partial charge >= 0.3 is 0 Å². The summed E-state index contributed by atoms with van der Waals surface area (Å²) in [7, 11) is 1.66. The van der Waals surface area contributed by atoms with Crippen molar-refractivity contribution in [2.24, 2.45) is 0 Å². The zero-order valence-corrected chi connectivity index (χ0v) is 18.6. The molecule has 0 unspecified atom stereocenters. The van der Waals surface area contributed by atoms with Crippen LogP contribution in [0.15, 0.2) is 48.8 Å². The molecule has 0 bridgehead atoms. The molecule has 168 valence electrons. The summed E-state index contributed by atoms with van der Waals surface area (Å²) in [5.41, 5.74) is 2.99. The van der Waals surface area contributed by atoms with Crippen LogP contribution in [0.1, 0.15) is 18.1 Å². The van der Waals surface area contributed by atoms with Crippen LogP contribution in [0.5, 0.6) is 0 Å². The van der Waals surface area contributed by atoms with Crippen LogP contribution in [0.4, 0.5) is 16.0 Å². The first-order chi connectivity index (χ1) is 15.6. The highest BCUT2D eigenvalue weighted by molar-refractivity contribution is 5.60. The van der Waals surface area contributed by atoms with Crippen LogP contribution < -0.4 is 5.32 Å². The lowest BCUT2D eigenvalue weighted by Crippen LogP contribution is -2.45. The molecule has 0 atom stereocenters. The van der Waals surface area contributed by atoms with Gasteiger partial charge in [0, 0.05) is 51.6 Å². The Morgan fingerprint density at radius 3 is 2.31 bits per heavy atom. The quantitative estimate of drug-likeness (QED) is 0.577. The maximum atomic E-state index is 14.3. The maximum Gasteiger partial charge on any atom is 0.184 e. The number of piperazine rings is 1. The predicted molar refractivity (Wildman–Crippen MR) is 123 cm³/mol. The topological polar surface area (TPSA) is 66.4 Å². The van der Waals surface area contributed by atoms with E-state index >= 15 is 0 Å². The molecule has 7 nitrogen and oxygen atoms in total. The number of anilines is 2. The molecule has 8 heteroatoms. The number of rotatable bonds is 8. The first-order valence-electron chi connectivity index (χ1n) is 10.9. The SMILES string of the molecule is CCN1CCN(Cc2ccc(Nc3nc(-c4ccc(COC)cc4)ncc3F)nc2)CC1. The fourth-order valence-corrected chi connectivity index (χ4v) is 3.75. The van der Waals surface area contributed by atoms with E-state index in [2.05, 4.69) is 37.0 Å². The zero-order valence-electron chi connectivity index (χ0n) is 18.6. The number of likely N-dealkylation sites (N-methyl/N-ethyl adjacent to an activating group) is 1. The van der Waals surface area contributed by atoms with Gasteiger partial charge in [0.2, 0.25) is 0 Å². The Kier molecular flexibility index (Phi) is 7.36. The van der Waals surface area contributed by atoms with Crippen molar-refractivity contribution in [1.82, 2.24) is 24.8 Å². The molecule has 0 amide bonds. The van der Waals surface area contributed by atoms with Crippen LogP contribution in [-0.4, -0.2) is 64.6 Å². The molecule has 1 fully saturated rings. The van der Waals surface area contributed by atoms with Crippen LogP contribution in [-0.2, 0) is 17.9 Å². The third-order valence-electron chi connectivity index (χ3n) is 5.66. The molecule has 0 radical (unpaired) electrons. The lowest BCUT2D eigenvalue weighted by molar-refractivity contribution is 0.132. The lowest BCUT2D eigenvalue weighted by atomic mass is 10.1. The maximum absolute atomic E-state index is 14.3. The molecule has 1 aliphatic rings. The van der Waals surface area contributed by atoms with Gasteiger partial charge in [-0.15, -0.1) is 0 Å². The number of aromatic nitrogens is 3. The lowest BCUT2D eigenvalue weighted by Gasteiger charge is -2.33. The van der Waals surface area contributed by atoms with Gasteiger partial charge in [0.15, 0.2) is 17.5 Å². The Morgan fingerprint density at radius 2 is 1.66 bits per heavy atom. The monoisotopic (exact) mass is 436 g/mol. The number of nitrogens with zero attached hydrogens (tertiary/aromatic N) is 5. The average molecular weight is 437 g/mol. The molecule has 1 aliphatic heterocycles. The number of benzene rings is 1. The molecule has 1 saturated heterocycles.